The van der Waals surface area contributed by atoms with Gasteiger partial charge in [-0.05, 0) is 20.3 Å². The first-order chi connectivity index (χ1) is 13.4. The van der Waals surface area contributed by atoms with Gasteiger partial charge in [0.25, 0.3) is 0 Å². The summed E-state index contributed by atoms with van der Waals surface area (Å²) >= 11 is 7.88. The molecule has 4 atom stereocenters. The fourth-order valence-electron chi connectivity index (χ4n) is 3.77. The molecule has 28 heavy (non-hydrogen) atoms. The normalized spacial score (nSPS) is 28.9. The predicted molar refractivity (Wildman–Crippen MR) is 103 cm³/mol. The molecular weight excluding hydrogens is 406 g/mol. The van der Waals surface area contributed by atoms with E-state index >= 15 is 0 Å². The number of aliphatic hydroxyl groups excluding tert-OH is 1. The van der Waals surface area contributed by atoms with Crippen LogP contribution >= 0.6 is 23.4 Å². The maximum absolute atomic E-state index is 9.13. The molecular formula is C17H24ClN5O4S. The molecule has 2 fully saturated rings. The van der Waals surface area contributed by atoms with E-state index in [1.165, 1.54) is 0 Å². The average Bonchev–Trinajstić information content (AvgIpc) is 3.29. The van der Waals surface area contributed by atoms with Crippen LogP contribution < -0.4 is 0 Å². The summed E-state index contributed by atoms with van der Waals surface area (Å²) in [7, 11) is 0. The highest BCUT2D eigenvalue weighted by Crippen LogP contribution is 2.45. The molecule has 0 amide bonds. The topological polar surface area (TPSA) is 104 Å². The van der Waals surface area contributed by atoms with E-state index in [1.54, 1.807) is 16.4 Å². The van der Waals surface area contributed by atoms with E-state index in [0.717, 1.165) is 12.2 Å². The van der Waals surface area contributed by atoms with Crippen molar-refractivity contribution >= 4 is 34.5 Å². The summed E-state index contributed by atoms with van der Waals surface area (Å²) in [5.74, 6) is 0.180. The van der Waals surface area contributed by atoms with Crippen molar-refractivity contribution in [3.05, 3.63) is 5.15 Å². The van der Waals surface area contributed by atoms with Crippen molar-refractivity contribution in [1.82, 2.24) is 25.0 Å². The first-order valence-electron chi connectivity index (χ1n) is 9.43. The summed E-state index contributed by atoms with van der Waals surface area (Å²) in [6.45, 7) is 6.06. The fraction of sp³-hybridized carbons (Fsp3) is 0.765. The number of aromatic nitrogens is 5. The van der Waals surface area contributed by atoms with Crippen molar-refractivity contribution in [2.24, 2.45) is 0 Å². The van der Waals surface area contributed by atoms with Crippen molar-refractivity contribution in [3.63, 3.8) is 0 Å². The van der Waals surface area contributed by atoms with E-state index in [4.69, 9.17) is 30.9 Å². The SMILES string of the molecule is CCCSc1nc(Cl)c2nnn([C@@H]3CC(OCCO)[C@H]4OC(C)(C)OC43)c2n1. The van der Waals surface area contributed by atoms with Crippen LogP contribution in [-0.4, -0.2) is 73.1 Å². The highest BCUT2D eigenvalue weighted by atomic mass is 35.5. The minimum absolute atomic E-state index is 0.0457. The number of aliphatic hydroxyl groups is 1. The van der Waals surface area contributed by atoms with Crippen LogP contribution in [0.1, 0.15) is 39.7 Å². The molecule has 3 heterocycles. The number of hydrogen-bond acceptors (Lipinski definition) is 9. The summed E-state index contributed by atoms with van der Waals surface area (Å²) < 4.78 is 19.8. The Balaban J connectivity index is 1.69. The van der Waals surface area contributed by atoms with E-state index in [-0.39, 0.29) is 37.6 Å². The molecule has 4 rings (SSSR count). The van der Waals surface area contributed by atoms with Gasteiger partial charge < -0.3 is 19.3 Å². The molecule has 1 saturated heterocycles. The number of fused-ring (bicyclic) bond motifs is 2. The van der Waals surface area contributed by atoms with Gasteiger partial charge in [-0.25, -0.2) is 14.6 Å². The molecule has 1 aliphatic heterocycles. The van der Waals surface area contributed by atoms with Gasteiger partial charge in [-0.1, -0.05) is 35.5 Å². The van der Waals surface area contributed by atoms with Crippen LogP contribution in [0, 0.1) is 0 Å². The van der Waals surface area contributed by atoms with E-state index in [2.05, 4.69) is 27.2 Å². The molecule has 0 bridgehead atoms. The molecule has 2 aliphatic rings. The van der Waals surface area contributed by atoms with Gasteiger partial charge in [-0.2, -0.15) is 0 Å². The lowest BCUT2D eigenvalue weighted by atomic mass is 10.2. The van der Waals surface area contributed by atoms with Gasteiger partial charge in [-0.15, -0.1) is 5.10 Å². The minimum atomic E-state index is -0.722. The van der Waals surface area contributed by atoms with Crippen molar-refractivity contribution in [3.8, 4) is 0 Å². The molecule has 2 aromatic rings. The molecule has 1 saturated carbocycles. The fourth-order valence-corrected chi connectivity index (χ4v) is 4.72. The lowest BCUT2D eigenvalue weighted by molar-refractivity contribution is -0.171. The van der Waals surface area contributed by atoms with Crippen molar-refractivity contribution in [1.29, 1.82) is 0 Å². The first kappa shape index (κ1) is 20.2. The minimum Gasteiger partial charge on any atom is -0.394 e. The van der Waals surface area contributed by atoms with Crippen molar-refractivity contribution in [2.45, 2.75) is 68.9 Å². The van der Waals surface area contributed by atoms with Crippen molar-refractivity contribution in [2.75, 3.05) is 19.0 Å². The predicted octanol–water partition coefficient (Wildman–Crippen LogP) is 2.22. The Morgan fingerprint density at radius 3 is 2.86 bits per heavy atom. The molecule has 1 aliphatic carbocycles. The van der Waals surface area contributed by atoms with Gasteiger partial charge in [0, 0.05) is 12.2 Å². The van der Waals surface area contributed by atoms with Crippen LogP contribution in [0.5, 0.6) is 0 Å². The summed E-state index contributed by atoms with van der Waals surface area (Å²) in [5, 5.41) is 18.5. The second-order valence-corrected chi connectivity index (χ2v) is 8.77. The number of halogens is 1. The maximum Gasteiger partial charge on any atom is 0.191 e. The third-order valence-electron chi connectivity index (χ3n) is 4.82. The Labute approximate surface area is 172 Å². The molecule has 0 spiro atoms. The molecule has 2 unspecified atom stereocenters. The molecule has 0 radical (unpaired) electrons. The van der Waals surface area contributed by atoms with Crippen LogP contribution in [0.15, 0.2) is 5.16 Å². The Kier molecular flexibility index (Phi) is 5.78. The Hall–Kier alpha value is -1.04. The standard InChI is InChI=1S/C17H24ClN5O4S/c1-4-7-28-16-19-14(18)11-15(20-16)23(22-21-11)9-8-10(25-6-5-24)13-12(9)26-17(2,3)27-13/h9-10,12-13,24H,4-8H2,1-3H3/t9-,10?,12?,13-/m1/s1. The molecule has 11 heteroatoms. The number of hydrogen-bond donors (Lipinski definition) is 1. The van der Waals surface area contributed by atoms with Gasteiger partial charge in [0.2, 0.25) is 0 Å². The van der Waals surface area contributed by atoms with Gasteiger partial charge >= 0.3 is 0 Å². The van der Waals surface area contributed by atoms with E-state index in [0.29, 0.717) is 27.9 Å². The monoisotopic (exact) mass is 429 g/mol. The highest BCUT2D eigenvalue weighted by molar-refractivity contribution is 7.99. The summed E-state index contributed by atoms with van der Waals surface area (Å²) in [6.07, 6.45) is 0.899. The largest absolute Gasteiger partial charge is 0.394 e. The second kappa shape index (κ2) is 8.00. The molecule has 154 valence electrons. The molecule has 1 N–H and O–H groups in total. The molecule has 9 nitrogen and oxygen atoms in total. The summed E-state index contributed by atoms with van der Waals surface area (Å²) in [5.41, 5.74) is 1.05. The van der Waals surface area contributed by atoms with Crippen molar-refractivity contribution < 1.29 is 19.3 Å². The number of ether oxygens (including phenoxy) is 3. The van der Waals surface area contributed by atoms with Crippen LogP contribution in [0.25, 0.3) is 11.2 Å². The Bertz CT molecular complexity index is 850. The van der Waals surface area contributed by atoms with Gasteiger partial charge in [0.1, 0.15) is 12.2 Å². The van der Waals surface area contributed by atoms with Gasteiger partial charge in [-0.3, -0.25) is 0 Å². The quantitative estimate of drug-likeness (QED) is 0.403. The van der Waals surface area contributed by atoms with E-state index in [9.17, 15) is 0 Å². The lowest BCUT2D eigenvalue weighted by Crippen LogP contribution is -2.31. The van der Waals surface area contributed by atoms with E-state index in [1.807, 2.05) is 13.8 Å². The molecule has 2 aromatic heterocycles. The van der Waals surface area contributed by atoms with Crippen LogP contribution in [-0.2, 0) is 14.2 Å². The lowest BCUT2D eigenvalue weighted by Gasteiger charge is -2.23. The van der Waals surface area contributed by atoms with Crippen LogP contribution in [0.4, 0.5) is 0 Å². The zero-order valence-corrected chi connectivity index (χ0v) is 17.6. The number of nitrogens with zero attached hydrogens (tertiary/aromatic N) is 5. The van der Waals surface area contributed by atoms with Gasteiger partial charge in [0.15, 0.2) is 27.3 Å². The highest BCUT2D eigenvalue weighted by Gasteiger charge is 2.56. The summed E-state index contributed by atoms with van der Waals surface area (Å²) in [6, 6.07) is -0.171. The zero-order chi connectivity index (χ0) is 19.9. The van der Waals surface area contributed by atoms with Crippen LogP contribution in [0.2, 0.25) is 5.15 Å². The average molecular weight is 430 g/mol. The number of thioether (sulfide) groups is 1. The van der Waals surface area contributed by atoms with Crippen LogP contribution in [0.3, 0.4) is 0 Å². The Morgan fingerprint density at radius 1 is 1.32 bits per heavy atom. The van der Waals surface area contributed by atoms with Gasteiger partial charge in [0.05, 0.1) is 25.4 Å². The maximum atomic E-state index is 9.13. The molecule has 0 aromatic carbocycles. The number of rotatable bonds is 7. The summed E-state index contributed by atoms with van der Waals surface area (Å²) in [4.78, 5) is 8.96. The zero-order valence-electron chi connectivity index (χ0n) is 16.0. The smallest absolute Gasteiger partial charge is 0.191 e. The van der Waals surface area contributed by atoms with E-state index < -0.39 is 5.79 Å². The third kappa shape index (κ3) is 3.73. The third-order valence-corrected chi connectivity index (χ3v) is 6.13. The Morgan fingerprint density at radius 2 is 2.11 bits per heavy atom. The second-order valence-electron chi connectivity index (χ2n) is 7.35. The first-order valence-corrected chi connectivity index (χ1v) is 10.8.